The molecule has 1 fully saturated rings. The molecule has 0 unspecified atom stereocenters. The van der Waals surface area contributed by atoms with Crippen LogP contribution in [0.1, 0.15) is 0 Å². The van der Waals surface area contributed by atoms with Crippen LogP contribution in [0.25, 0.3) is 5.82 Å². The number of piperazine rings is 1. The molecule has 1 aliphatic heterocycles. The van der Waals surface area contributed by atoms with Crippen molar-refractivity contribution >= 4 is 21.7 Å². The molecule has 0 saturated carbocycles. The Labute approximate surface area is 132 Å². The van der Waals surface area contributed by atoms with Crippen molar-refractivity contribution < 1.29 is 0 Å². The van der Waals surface area contributed by atoms with Crippen LogP contribution in [0.4, 0.5) is 5.82 Å². The van der Waals surface area contributed by atoms with Gasteiger partial charge >= 0.3 is 0 Å². The zero-order chi connectivity index (χ0) is 14.7. The van der Waals surface area contributed by atoms with E-state index in [4.69, 9.17) is 0 Å². The van der Waals surface area contributed by atoms with E-state index in [0.717, 1.165) is 48.8 Å². The van der Waals surface area contributed by atoms with Crippen molar-refractivity contribution in [2.75, 3.05) is 37.6 Å². The molecule has 0 spiro atoms. The molecule has 0 atom stereocenters. The lowest BCUT2D eigenvalue weighted by atomic mass is 10.3. The van der Waals surface area contributed by atoms with E-state index in [1.54, 1.807) is 10.9 Å². The highest BCUT2D eigenvalue weighted by atomic mass is 79.9. The molecule has 0 N–H and O–H groups in total. The molecule has 110 valence electrons. The summed E-state index contributed by atoms with van der Waals surface area (Å²) in [4.78, 5) is 4.63. The van der Waals surface area contributed by atoms with Gasteiger partial charge in [0, 0.05) is 49.6 Å². The molecular weight excluding hydrogens is 332 g/mol. The summed E-state index contributed by atoms with van der Waals surface area (Å²) >= 11 is 3.42. The monoisotopic (exact) mass is 348 g/mol. The second kappa shape index (κ2) is 6.36. The van der Waals surface area contributed by atoms with E-state index < -0.39 is 0 Å². The molecule has 2 aromatic heterocycles. The molecule has 7 heteroatoms. The lowest BCUT2D eigenvalue weighted by Gasteiger charge is -2.34. The summed E-state index contributed by atoms with van der Waals surface area (Å²) < 4.78 is 2.73. The maximum absolute atomic E-state index is 4.31. The van der Waals surface area contributed by atoms with Gasteiger partial charge in [0.25, 0.3) is 0 Å². The van der Waals surface area contributed by atoms with Crippen molar-refractivity contribution in [2.45, 2.75) is 0 Å². The van der Waals surface area contributed by atoms with Crippen LogP contribution >= 0.6 is 15.9 Å². The predicted molar refractivity (Wildman–Crippen MR) is 85.9 cm³/mol. The first-order chi connectivity index (χ1) is 10.2. The first-order valence-electron chi connectivity index (χ1n) is 6.87. The van der Waals surface area contributed by atoms with Crippen molar-refractivity contribution in [1.29, 1.82) is 0 Å². The summed E-state index contributed by atoms with van der Waals surface area (Å²) in [5.41, 5.74) is 0. The molecule has 0 bridgehead atoms. The highest BCUT2D eigenvalue weighted by Gasteiger charge is 2.18. The van der Waals surface area contributed by atoms with Crippen LogP contribution in [0.5, 0.6) is 0 Å². The van der Waals surface area contributed by atoms with E-state index in [9.17, 15) is 0 Å². The summed E-state index contributed by atoms with van der Waals surface area (Å²) in [7, 11) is 0. The van der Waals surface area contributed by atoms with E-state index >= 15 is 0 Å². The summed E-state index contributed by atoms with van der Waals surface area (Å²) in [5.74, 6) is 1.65. The van der Waals surface area contributed by atoms with Gasteiger partial charge in [-0.15, -0.1) is 10.2 Å². The molecule has 1 aliphatic rings. The van der Waals surface area contributed by atoms with Crippen LogP contribution < -0.4 is 4.90 Å². The maximum Gasteiger partial charge on any atom is 0.175 e. The molecule has 3 rings (SSSR count). The van der Waals surface area contributed by atoms with E-state index in [0.29, 0.717) is 0 Å². The fraction of sp³-hybridized carbons (Fsp3) is 0.357. The minimum absolute atomic E-state index is 0.734. The second-order valence-electron chi connectivity index (χ2n) is 4.98. The molecule has 6 nitrogen and oxygen atoms in total. The van der Waals surface area contributed by atoms with Gasteiger partial charge in [0.2, 0.25) is 0 Å². The second-order valence-corrected chi connectivity index (χ2v) is 6.10. The summed E-state index contributed by atoms with van der Waals surface area (Å²) in [6.45, 7) is 8.72. The molecule has 2 aromatic rings. The average Bonchev–Trinajstić information content (AvgIpc) is 3.02. The molecule has 0 radical (unpaired) electrons. The first kappa shape index (κ1) is 14.2. The van der Waals surface area contributed by atoms with Gasteiger partial charge < -0.3 is 4.90 Å². The van der Waals surface area contributed by atoms with E-state index in [1.165, 1.54) is 0 Å². The highest BCUT2D eigenvalue weighted by Crippen LogP contribution is 2.15. The predicted octanol–water partition coefficient (Wildman–Crippen LogP) is 1.69. The molecule has 0 amide bonds. The highest BCUT2D eigenvalue weighted by molar-refractivity contribution is 9.11. The normalized spacial score (nSPS) is 16.1. The Morgan fingerprint density at radius 2 is 1.86 bits per heavy atom. The van der Waals surface area contributed by atoms with Crippen molar-refractivity contribution in [3.8, 4) is 5.82 Å². The Morgan fingerprint density at radius 1 is 1.14 bits per heavy atom. The fourth-order valence-corrected chi connectivity index (χ4v) is 2.75. The van der Waals surface area contributed by atoms with Crippen LogP contribution in [0.3, 0.4) is 0 Å². The van der Waals surface area contributed by atoms with Gasteiger partial charge in [0.15, 0.2) is 11.6 Å². The molecule has 21 heavy (non-hydrogen) atoms. The van der Waals surface area contributed by atoms with E-state index in [-0.39, 0.29) is 0 Å². The Hall–Kier alpha value is -1.73. The van der Waals surface area contributed by atoms with Crippen LogP contribution in [0.15, 0.2) is 41.7 Å². The molecule has 0 aromatic carbocycles. The van der Waals surface area contributed by atoms with Crippen LogP contribution in [0, 0.1) is 0 Å². The summed E-state index contributed by atoms with van der Waals surface area (Å²) in [5, 5.41) is 12.7. The average molecular weight is 349 g/mol. The largest absolute Gasteiger partial charge is 0.353 e. The third kappa shape index (κ3) is 3.48. The van der Waals surface area contributed by atoms with Gasteiger partial charge in [-0.2, -0.15) is 5.10 Å². The van der Waals surface area contributed by atoms with E-state index in [1.807, 2.05) is 24.4 Å². The Balaban J connectivity index is 1.62. The topological polar surface area (TPSA) is 50.1 Å². The number of hydrogen-bond acceptors (Lipinski definition) is 5. The third-order valence-corrected chi connectivity index (χ3v) is 3.72. The van der Waals surface area contributed by atoms with Gasteiger partial charge in [0.05, 0.1) is 0 Å². The number of rotatable bonds is 4. The fourth-order valence-electron chi connectivity index (χ4n) is 2.39. The first-order valence-corrected chi connectivity index (χ1v) is 7.66. The Kier molecular flexibility index (Phi) is 4.31. The zero-order valence-electron chi connectivity index (χ0n) is 11.7. The SMILES string of the molecule is C=C(Br)CN1CCN(c2ccc(-n3cccn3)nn2)CC1. The van der Waals surface area contributed by atoms with Gasteiger partial charge in [-0.25, -0.2) is 4.68 Å². The van der Waals surface area contributed by atoms with Gasteiger partial charge in [-0.1, -0.05) is 22.5 Å². The number of nitrogens with zero attached hydrogens (tertiary/aromatic N) is 6. The van der Waals surface area contributed by atoms with E-state index in [2.05, 4.69) is 47.6 Å². The standard InChI is InChI=1S/C14H17BrN6/c1-12(15)11-19-7-9-20(10-8-19)13-3-4-14(18-17-13)21-6-2-5-16-21/h2-6H,1,7-11H2. The zero-order valence-corrected chi connectivity index (χ0v) is 13.3. The molecular formula is C14H17BrN6. The maximum atomic E-state index is 4.31. The number of hydrogen-bond donors (Lipinski definition) is 0. The minimum atomic E-state index is 0.734. The quantitative estimate of drug-likeness (QED) is 0.841. The van der Waals surface area contributed by atoms with Crippen molar-refractivity contribution in [3.05, 3.63) is 41.7 Å². The summed E-state index contributed by atoms with van der Waals surface area (Å²) in [6, 6.07) is 5.82. The smallest absolute Gasteiger partial charge is 0.175 e. The van der Waals surface area contributed by atoms with Crippen molar-refractivity contribution in [2.24, 2.45) is 0 Å². The van der Waals surface area contributed by atoms with Gasteiger partial charge in [-0.3, -0.25) is 4.90 Å². The van der Waals surface area contributed by atoms with Crippen molar-refractivity contribution in [3.63, 3.8) is 0 Å². The molecule has 3 heterocycles. The molecule has 1 saturated heterocycles. The van der Waals surface area contributed by atoms with Crippen LogP contribution in [0.2, 0.25) is 0 Å². The lowest BCUT2D eigenvalue weighted by molar-refractivity contribution is 0.282. The van der Waals surface area contributed by atoms with Crippen LogP contribution in [-0.2, 0) is 0 Å². The summed E-state index contributed by atoms with van der Waals surface area (Å²) in [6.07, 6.45) is 3.59. The molecule has 0 aliphatic carbocycles. The Bertz CT molecular complexity index is 586. The third-order valence-electron chi connectivity index (χ3n) is 3.47. The minimum Gasteiger partial charge on any atom is -0.353 e. The number of anilines is 1. The Morgan fingerprint density at radius 3 is 2.43 bits per heavy atom. The van der Waals surface area contributed by atoms with Gasteiger partial charge in [-0.05, 0) is 18.2 Å². The van der Waals surface area contributed by atoms with Gasteiger partial charge in [0.1, 0.15) is 0 Å². The van der Waals surface area contributed by atoms with Crippen LogP contribution in [-0.4, -0.2) is 57.6 Å². The lowest BCUT2D eigenvalue weighted by Crippen LogP contribution is -2.47. The number of halogens is 1. The van der Waals surface area contributed by atoms with Crippen molar-refractivity contribution in [1.82, 2.24) is 24.9 Å². The number of aromatic nitrogens is 4.